The molecule has 1 unspecified atom stereocenters. The molecular weight excluding hydrogens is 230 g/mol. The molecule has 0 radical (unpaired) electrons. The third-order valence-corrected chi connectivity index (χ3v) is 4.38. The lowest BCUT2D eigenvalue weighted by Gasteiger charge is -2.22. The molecule has 1 saturated heterocycles. The Kier molecular flexibility index (Phi) is 5.20. The van der Waals surface area contributed by atoms with Crippen LogP contribution in [-0.2, 0) is 6.42 Å². The van der Waals surface area contributed by atoms with Gasteiger partial charge in [-0.2, -0.15) is 11.8 Å². The largest absolute Gasteiger partial charge is 0.497 e. The first kappa shape index (κ1) is 12.8. The van der Waals surface area contributed by atoms with Gasteiger partial charge in [0.1, 0.15) is 5.75 Å². The van der Waals surface area contributed by atoms with E-state index in [1.54, 1.807) is 7.11 Å². The molecule has 0 aromatic heterocycles. The lowest BCUT2D eigenvalue weighted by Crippen LogP contribution is -2.35. The summed E-state index contributed by atoms with van der Waals surface area (Å²) in [6.07, 6.45) is 3.81. The van der Waals surface area contributed by atoms with Crippen molar-refractivity contribution in [2.24, 2.45) is 0 Å². The van der Waals surface area contributed by atoms with Crippen LogP contribution in [0.4, 0.5) is 0 Å². The van der Waals surface area contributed by atoms with E-state index in [0.717, 1.165) is 24.8 Å². The summed E-state index contributed by atoms with van der Waals surface area (Å²) in [7, 11) is 1.71. The molecule has 1 aliphatic rings. The van der Waals surface area contributed by atoms with E-state index in [2.05, 4.69) is 29.2 Å². The summed E-state index contributed by atoms with van der Waals surface area (Å²) in [5.74, 6) is 3.56. The molecule has 94 valence electrons. The summed E-state index contributed by atoms with van der Waals surface area (Å²) in [5.41, 5.74) is 1.38. The van der Waals surface area contributed by atoms with Gasteiger partial charge in [-0.05, 0) is 49.3 Å². The smallest absolute Gasteiger partial charge is 0.118 e. The van der Waals surface area contributed by atoms with Gasteiger partial charge in [-0.1, -0.05) is 12.1 Å². The number of rotatable bonds is 5. The van der Waals surface area contributed by atoms with E-state index < -0.39 is 0 Å². The van der Waals surface area contributed by atoms with Crippen LogP contribution in [-0.4, -0.2) is 31.2 Å². The Morgan fingerprint density at radius 1 is 1.35 bits per heavy atom. The van der Waals surface area contributed by atoms with Crippen molar-refractivity contribution >= 4 is 11.8 Å². The Bertz CT molecular complexity index is 319. The van der Waals surface area contributed by atoms with Gasteiger partial charge in [0.2, 0.25) is 0 Å². The minimum absolute atomic E-state index is 0.729. The molecule has 1 heterocycles. The highest BCUT2D eigenvalue weighted by molar-refractivity contribution is 7.99. The standard InChI is InChI=1S/C14H21NOS/c1-16-14-6-4-12(5-7-14)8-9-15-13-3-2-10-17-11-13/h4-7,13,15H,2-3,8-11H2,1H3. The molecule has 0 amide bonds. The van der Waals surface area contributed by atoms with Crippen LogP contribution in [0, 0.1) is 0 Å². The first-order chi connectivity index (χ1) is 8.38. The lowest BCUT2D eigenvalue weighted by atomic mass is 10.1. The lowest BCUT2D eigenvalue weighted by molar-refractivity contribution is 0.414. The number of hydrogen-bond donors (Lipinski definition) is 1. The molecule has 1 fully saturated rings. The van der Waals surface area contributed by atoms with E-state index in [1.807, 2.05) is 12.1 Å². The molecule has 1 N–H and O–H groups in total. The number of thioether (sulfide) groups is 1. The Morgan fingerprint density at radius 2 is 2.18 bits per heavy atom. The normalized spacial score (nSPS) is 20.2. The zero-order valence-corrected chi connectivity index (χ0v) is 11.3. The molecule has 1 aliphatic heterocycles. The van der Waals surface area contributed by atoms with Gasteiger partial charge in [-0.3, -0.25) is 0 Å². The molecule has 3 heteroatoms. The van der Waals surface area contributed by atoms with Crippen molar-refractivity contribution in [1.29, 1.82) is 0 Å². The van der Waals surface area contributed by atoms with Crippen LogP contribution in [0.25, 0.3) is 0 Å². The fraction of sp³-hybridized carbons (Fsp3) is 0.571. The molecule has 0 aliphatic carbocycles. The van der Waals surface area contributed by atoms with Crippen LogP contribution in [0.5, 0.6) is 5.75 Å². The summed E-state index contributed by atoms with van der Waals surface area (Å²) < 4.78 is 5.15. The maximum atomic E-state index is 5.15. The predicted molar refractivity (Wildman–Crippen MR) is 75.0 cm³/mol. The van der Waals surface area contributed by atoms with Crippen molar-refractivity contribution in [1.82, 2.24) is 5.32 Å². The molecule has 1 aromatic rings. The quantitative estimate of drug-likeness (QED) is 0.869. The Morgan fingerprint density at radius 3 is 2.82 bits per heavy atom. The van der Waals surface area contributed by atoms with E-state index in [-0.39, 0.29) is 0 Å². The molecule has 2 nitrogen and oxygen atoms in total. The van der Waals surface area contributed by atoms with Gasteiger partial charge in [0.05, 0.1) is 7.11 Å². The van der Waals surface area contributed by atoms with Crippen LogP contribution in [0.2, 0.25) is 0 Å². The van der Waals surface area contributed by atoms with Crippen molar-refractivity contribution in [3.05, 3.63) is 29.8 Å². The first-order valence-electron chi connectivity index (χ1n) is 6.32. The third-order valence-electron chi connectivity index (χ3n) is 3.17. The van der Waals surface area contributed by atoms with Crippen LogP contribution in [0.15, 0.2) is 24.3 Å². The highest BCUT2D eigenvalue weighted by atomic mass is 32.2. The average molecular weight is 251 g/mol. The van der Waals surface area contributed by atoms with Crippen LogP contribution >= 0.6 is 11.8 Å². The second-order valence-corrected chi connectivity index (χ2v) is 5.62. The van der Waals surface area contributed by atoms with E-state index >= 15 is 0 Å². The van der Waals surface area contributed by atoms with Crippen LogP contribution in [0.3, 0.4) is 0 Å². The summed E-state index contributed by atoms with van der Waals surface area (Å²) in [6, 6.07) is 9.09. The minimum atomic E-state index is 0.729. The van der Waals surface area contributed by atoms with Crippen molar-refractivity contribution in [2.75, 3.05) is 25.2 Å². The minimum Gasteiger partial charge on any atom is -0.497 e. The van der Waals surface area contributed by atoms with Gasteiger partial charge < -0.3 is 10.1 Å². The SMILES string of the molecule is COc1ccc(CCNC2CCCSC2)cc1. The molecule has 17 heavy (non-hydrogen) atoms. The summed E-state index contributed by atoms with van der Waals surface area (Å²) >= 11 is 2.08. The van der Waals surface area contributed by atoms with Gasteiger partial charge >= 0.3 is 0 Å². The highest BCUT2D eigenvalue weighted by Crippen LogP contribution is 2.17. The van der Waals surface area contributed by atoms with Crippen molar-refractivity contribution in [3.8, 4) is 5.75 Å². The van der Waals surface area contributed by atoms with E-state index in [1.165, 1.54) is 29.9 Å². The second kappa shape index (κ2) is 6.92. The van der Waals surface area contributed by atoms with Gasteiger partial charge in [0.15, 0.2) is 0 Å². The Balaban J connectivity index is 1.69. The maximum Gasteiger partial charge on any atom is 0.118 e. The second-order valence-electron chi connectivity index (χ2n) is 4.47. The van der Waals surface area contributed by atoms with Crippen LogP contribution < -0.4 is 10.1 Å². The van der Waals surface area contributed by atoms with Gasteiger partial charge in [0, 0.05) is 11.8 Å². The predicted octanol–water partition coefficient (Wildman–Crippen LogP) is 2.72. The Labute approximate surface area is 108 Å². The molecule has 2 rings (SSSR count). The average Bonchev–Trinajstić information content (AvgIpc) is 2.41. The third kappa shape index (κ3) is 4.25. The molecule has 0 bridgehead atoms. The van der Waals surface area contributed by atoms with Crippen LogP contribution in [0.1, 0.15) is 18.4 Å². The summed E-state index contributed by atoms with van der Waals surface area (Å²) in [6.45, 7) is 1.08. The topological polar surface area (TPSA) is 21.3 Å². The van der Waals surface area contributed by atoms with Gasteiger partial charge in [-0.15, -0.1) is 0 Å². The maximum absolute atomic E-state index is 5.15. The van der Waals surface area contributed by atoms with Crippen molar-refractivity contribution in [2.45, 2.75) is 25.3 Å². The molecule has 1 atom stereocenters. The molecule has 1 aromatic carbocycles. The number of methoxy groups -OCH3 is 1. The fourth-order valence-corrected chi connectivity index (χ4v) is 3.22. The number of hydrogen-bond acceptors (Lipinski definition) is 3. The van der Waals surface area contributed by atoms with Crippen molar-refractivity contribution in [3.63, 3.8) is 0 Å². The van der Waals surface area contributed by atoms with Crippen molar-refractivity contribution < 1.29 is 4.74 Å². The fourth-order valence-electron chi connectivity index (χ4n) is 2.11. The van der Waals surface area contributed by atoms with E-state index in [4.69, 9.17) is 4.74 Å². The number of nitrogens with one attached hydrogen (secondary N) is 1. The summed E-state index contributed by atoms with van der Waals surface area (Å²) in [4.78, 5) is 0. The van der Waals surface area contributed by atoms with E-state index in [0.29, 0.717) is 0 Å². The molecule has 0 saturated carbocycles. The zero-order valence-electron chi connectivity index (χ0n) is 10.4. The summed E-state index contributed by atoms with van der Waals surface area (Å²) in [5, 5.41) is 3.65. The highest BCUT2D eigenvalue weighted by Gasteiger charge is 2.12. The molecule has 0 spiro atoms. The molecular formula is C14H21NOS. The zero-order chi connectivity index (χ0) is 11.9. The number of benzene rings is 1. The van der Waals surface area contributed by atoms with Gasteiger partial charge in [0.25, 0.3) is 0 Å². The first-order valence-corrected chi connectivity index (χ1v) is 7.48. The van der Waals surface area contributed by atoms with Gasteiger partial charge in [-0.25, -0.2) is 0 Å². The number of ether oxygens (including phenoxy) is 1. The monoisotopic (exact) mass is 251 g/mol. The Hall–Kier alpha value is -0.670. The van der Waals surface area contributed by atoms with E-state index in [9.17, 15) is 0 Å².